The maximum absolute atomic E-state index is 11.4. The van der Waals surface area contributed by atoms with Crippen molar-refractivity contribution in [1.29, 1.82) is 0 Å². The van der Waals surface area contributed by atoms with Gasteiger partial charge in [-0.25, -0.2) is 0 Å². The number of rotatable bonds is 4. The van der Waals surface area contributed by atoms with Gasteiger partial charge in [-0.15, -0.1) is 11.8 Å². The Hall–Kier alpha value is -0.670. The second-order valence-electron chi connectivity index (χ2n) is 3.57. The normalized spacial score (nSPS) is 14.2. The third-order valence-corrected chi connectivity index (χ3v) is 4.26. The van der Waals surface area contributed by atoms with Crippen molar-refractivity contribution >= 4 is 29.3 Å². The lowest BCUT2D eigenvalue weighted by molar-refractivity contribution is -0.144. The number of ether oxygens (including phenoxy) is 1. The lowest BCUT2D eigenvalue weighted by Crippen LogP contribution is -2.21. The molecule has 0 aliphatic carbocycles. The van der Waals surface area contributed by atoms with E-state index in [9.17, 15) is 4.79 Å². The Labute approximate surface area is 105 Å². The first-order valence-corrected chi connectivity index (χ1v) is 6.31. The molecule has 0 radical (unpaired) electrons. The molecule has 0 aliphatic heterocycles. The number of hydrogen-bond acceptors (Lipinski definition) is 3. The SMILES string of the molecule is COC(=O)C(C)C(C)Sc1ccccc1Cl. The summed E-state index contributed by atoms with van der Waals surface area (Å²) in [7, 11) is 1.41. The summed E-state index contributed by atoms with van der Waals surface area (Å²) < 4.78 is 4.72. The number of methoxy groups -OCH3 is 1. The molecule has 1 aromatic rings. The largest absolute Gasteiger partial charge is 0.469 e. The van der Waals surface area contributed by atoms with Crippen LogP contribution >= 0.6 is 23.4 Å². The van der Waals surface area contributed by atoms with Crippen LogP contribution in [0.5, 0.6) is 0 Å². The Bertz CT molecular complexity index is 368. The van der Waals surface area contributed by atoms with Gasteiger partial charge in [0.05, 0.1) is 18.1 Å². The highest BCUT2D eigenvalue weighted by atomic mass is 35.5. The fraction of sp³-hybridized carbons (Fsp3) is 0.417. The third-order valence-electron chi connectivity index (χ3n) is 2.43. The van der Waals surface area contributed by atoms with E-state index in [1.54, 1.807) is 11.8 Å². The Morgan fingerprint density at radius 2 is 2.00 bits per heavy atom. The van der Waals surface area contributed by atoms with Gasteiger partial charge in [-0.2, -0.15) is 0 Å². The molecule has 2 atom stereocenters. The van der Waals surface area contributed by atoms with Crippen molar-refractivity contribution in [2.75, 3.05) is 7.11 Å². The first-order chi connectivity index (χ1) is 7.56. The van der Waals surface area contributed by atoms with Crippen molar-refractivity contribution in [3.05, 3.63) is 29.3 Å². The van der Waals surface area contributed by atoms with Gasteiger partial charge in [0, 0.05) is 10.1 Å². The van der Waals surface area contributed by atoms with Crippen molar-refractivity contribution in [2.45, 2.75) is 24.0 Å². The van der Waals surface area contributed by atoms with Crippen LogP contribution in [0.25, 0.3) is 0 Å². The van der Waals surface area contributed by atoms with Crippen LogP contribution in [0.15, 0.2) is 29.2 Å². The summed E-state index contributed by atoms with van der Waals surface area (Å²) in [5.41, 5.74) is 0. The molecule has 16 heavy (non-hydrogen) atoms. The average molecular weight is 259 g/mol. The van der Waals surface area contributed by atoms with Crippen LogP contribution in [0.2, 0.25) is 5.02 Å². The van der Waals surface area contributed by atoms with E-state index in [0.717, 1.165) is 9.92 Å². The highest BCUT2D eigenvalue weighted by Crippen LogP contribution is 2.33. The molecular formula is C12H15ClO2S. The van der Waals surface area contributed by atoms with Gasteiger partial charge in [0.1, 0.15) is 0 Å². The Balaban J connectivity index is 2.68. The second-order valence-corrected chi connectivity index (χ2v) is 5.39. The maximum atomic E-state index is 11.4. The number of carbonyl (C=O) groups is 1. The van der Waals surface area contributed by atoms with Gasteiger partial charge in [-0.05, 0) is 12.1 Å². The van der Waals surface area contributed by atoms with Gasteiger partial charge in [0.15, 0.2) is 0 Å². The zero-order valence-electron chi connectivity index (χ0n) is 9.57. The predicted molar refractivity (Wildman–Crippen MR) is 68.0 cm³/mol. The first kappa shape index (κ1) is 13.4. The number of hydrogen-bond donors (Lipinski definition) is 0. The molecule has 0 aliphatic rings. The molecule has 0 saturated heterocycles. The zero-order valence-corrected chi connectivity index (χ0v) is 11.1. The van der Waals surface area contributed by atoms with Crippen molar-refractivity contribution < 1.29 is 9.53 Å². The molecule has 88 valence electrons. The lowest BCUT2D eigenvalue weighted by atomic mass is 10.1. The molecule has 0 bridgehead atoms. The van der Waals surface area contributed by atoms with E-state index in [0.29, 0.717) is 0 Å². The number of benzene rings is 1. The van der Waals surface area contributed by atoms with E-state index in [1.165, 1.54) is 7.11 Å². The van der Waals surface area contributed by atoms with Crippen LogP contribution in [0.4, 0.5) is 0 Å². The Morgan fingerprint density at radius 1 is 1.38 bits per heavy atom. The van der Waals surface area contributed by atoms with Gasteiger partial charge in [-0.3, -0.25) is 4.79 Å². The summed E-state index contributed by atoms with van der Waals surface area (Å²) in [6.07, 6.45) is 0. The fourth-order valence-electron chi connectivity index (χ4n) is 1.22. The zero-order chi connectivity index (χ0) is 12.1. The topological polar surface area (TPSA) is 26.3 Å². The molecule has 1 aromatic carbocycles. The number of carbonyl (C=O) groups excluding carboxylic acids is 1. The van der Waals surface area contributed by atoms with E-state index >= 15 is 0 Å². The summed E-state index contributed by atoms with van der Waals surface area (Å²) in [4.78, 5) is 12.4. The molecule has 0 N–H and O–H groups in total. The molecule has 0 amide bonds. The smallest absolute Gasteiger partial charge is 0.309 e. The van der Waals surface area contributed by atoms with E-state index in [2.05, 4.69) is 0 Å². The molecule has 0 heterocycles. The molecule has 4 heteroatoms. The van der Waals surface area contributed by atoms with Crippen molar-refractivity contribution in [3.63, 3.8) is 0 Å². The maximum Gasteiger partial charge on any atom is 0.309 e. The van der Waals surface area contributed by atoms with Crippen molar-refractivity contribution in [1.82, 2.24) is 0 Å². The number of thioether (sulfide) groups is 1. The summed E-state index contributed by atoms with van der Waals surface area (Å²) in [5, 5.41) is 0.851. The molecule has 0 saturated carbocycles. The van der Waals surface area contributed by atoms with Gasteiger partial charge in [0.2, 0.25) is 0 Å². The summed E-state index contributed by atoms with van der Waals surface area (Å²) >= 11 is 7.64. The van der Waals surface area contributed by atoms with Crippen molar-refractivity contribution in [2.24, 2.45) is 5.92 Å². The second kappa shape index (κ2) is 6.16. The van der Waals surface area contributed by atoms with Crippen LogP contribution in [0.1, 0.15) is 13.8 Å². The quantitative estimate of drug-likeness (QED) is 0.609. The molecule has 0 aromatic heterocycles. The van der Waals surface area contributed by atoms with E-state index < -0.39 is 0 Å². The minimum Gasteiger partial charge on any atom is -0.469 e. The summed E-state index contributed by atoms with van der Waals surface area (Å²) in [6.45, 7) is 3.86. The van der Waals surface area contributed by atoms with Gasteiger partial charge < -0.3 is 4.74 Å². The lowest BCUT2D eigenvalue weighted by Gasteiger charge is -2.17. The fourth-order valence-corrected chi connectivity index (χ4v) is 2.54. The molecule has 0 fully saturated rings. The number of esters is 1. The van der Waals surface area contributed by atoms with Gasteiger partial charge in [-0.1, -0.05) is 37.6 Å². The molecule has 1 rings (SSSR count). The van der Waals surface area contributed by atoms with Crippen LogP contribution in [-0.4, -0.2) is 18.3 Å². The van der Waals surface area contributed by atoms with Crippen LogP contribution in [0.3, 0.4) is 0 Å². The van der Waals surface area contributed by atoms with E-state index in [1.807, 2.05) is 38.1 Å². The van der Waals surface area contributed by atoms with Crippen molar-refractivity contribution in [3.8, 4) is 0 Å². The van der Waals surface area contributed by atoms with Crippen LogP contribution in [0, 0.1) is 5.92 Å². The molecule has 2 nitrogen and oxygen atoms in total. The minimum atomic E-state index is -0.188. The van der Waals surface area contributed by atoms with Crippen LogP contribution in [-0.2, 0) is 9.53 Å². The third kappa shape index (κ3) is 3.42. The highest BCUT2D eigenvalue weighted by Gasteiger charge is 2.22. The Morgan fingerprint density at radius 3 is 2.56 bits per heavy atom. The predicted octanol–water partition coefficient (Wildman–Crippen LogP) is 3.63. The monoisotopic (exact) mass is 258 g/mol. The molecule has 0 spiro atoms. The average Bonchev–Trinajstić information content (AvgIpc) is 2.30. The van der Waals surface area contributed by atoms with Gasteiger partial charge in [0.25, 0.3) is 0 Å². The minimum absolute atomic E-state index is 0.132. The Kier molecular flexibility index (Phi) is 5.16. The molecule has 2 unspecified atom stereocenters. The van der Waals surface area contributed by atoms with Crippen LogP contribution < -0.4 is 0 Å². The summed E-state index contributed by atoms with van der Waals surface area (Å²) in [6, 6.07) is 7.62. The summed E-state index contributed by atoms with van der Waals surface area (Å²) in [5.74, 6) is -0.335. The molecular weight excluding hydrogens is 244 g/mol. The highest BCUT2D eigenvalue weighted by molar-refractivity contribution is 8.00. The van der Waals surface area contributed by atoms with E-state index in [4.69, 9.17) is 16.3 Å². The first-order valence-electron chi connectivity index (χ1n) is 5.05. The van der Waals surface area contributed by atoms with E-state index in [-0.39, 0.29) is 17.1 Å². The number of halogens is 1. The standard InChI is InChI=1S/C12H15ClO2S/c1-8(12(14)15-3)9(2)16-11-7-5-4-6-10(11)13/h4-9H,1-3H3. The van der Waals surface area contributed by atoms with Gasteiger partial charge >= 0.3 is 5.97 Å².